The number of piperidine rings is 2. The van der Waals surface area contributed by atoms with E-state index >= 15 is 0 Å². The molecule has 8 nitrogen and oxygen atoms in total. The Morgan fingerprint density at radius 3 is 1.64 bits per heavy atom. The number of aliphatic hydroxyl groups is 2. The van der Waals surface area contributed by atoms with E-state index in [-0.39, 0.29) is 18.8 Å². The van der Waals surface area contributed by atoms with Crippen molar-refractivity contribution in [1.29, 1.82) is 0 Å². The summed E-state index contributed by atoms with van der Waals surface area (Å²) in [6.07, 6.45) is 2.75. The number of hydrogen-bond acceptors (Lipinski definition) is 7. The van der Waals surface area contributed by atoms with Crippen LogP contribution in [0.15, 0.2) is 60.7 Å². The lowest BCUT2D eigenvalue weighted by molar-refractivity contribution is 0.0265. The molecular weight excluding hydrogens is 492 g/mol. The average molecular weight is 541 g/mol. The van der Waals surface area contributed by atoms with E-state index in [2.05, 4.69) is 51.5 Å². The Morgan fingerprint density at radius 2 is 1.26 bits per heavy atom. The number of carbonyl (C=O) groups excluding carboxylic acids is 1. The van der Waals surface area contributed by atoms with Gasteiger partial charge in [0.05, 0.1) is 18.8 Å². The molecule has 4 rings (SSSR count). The number of alkyl carbamates (subject to hydrolysis) is 1. The summed E-state index contributed by atoms with van der Waals surface area (Å²) in [4.78, 5) is 16.8. The van der Waals surface area contributed by atoms with Gasteiger partial charge in [0.2, 0.25) is 0 Å². The predicted octanol–water partition coefficient (Wildman–Crippen LogP) is 3.51. The van der Waals surface area contributed by atoms with E-state index in [1.54, 1.807) is 0 Å². The first-order valence-corrected chi connectivity index (χ1v) is 14.1. The van der Waals surface area contributed by atoms with Crippen molar-refractivity contribution in [2.24, 2.45) is 5.73 Å². The van der Waals surface area contributed by atoms with E-state index in [0.29, 0.717) is 0 Å². The highest BCUT2D eigenvalue weighted by atomic mass is 16.6. The molecule has 2 aliphatic heterocycles. The van der Waals surface area contributed by atoms with E-state index < -0.39 is 17.2 Å². The van der Waals surface area contributed by atoms with Crippen LogP contribution < -0.4 is 11.1 Å². The number of amides is 1. The lowest BCUT2D eigenvalue weighted by Gasteiger charge is -2.41. The van der Waals surface area contributed by atoms with Crippen LogP contribution in [0.5, 0.6) is 0 Å². The zero-order valence-corrected chi connectivity index (χ0v) is 23.9. The van der Waals surface area contributed by atoms with Gasteiger partial charge in [0, 0.05) is 44.8 Å². The van der Waals surface area contributed by atoms with E-state index in [1.165, 1.54) is 11.1 Å². The number of aliphatic hydroxyl groups excluding tert-OH is 2. The van der Waals surface area contributed by atoms with Gasteiger partial charge in [-0.15, -0.1) is 0 Å². The van der Waals surface area contributed by atoms with E-state index in [1.807, 2.05) is 45.0 Å². The summed E-state index contributed by atoms with van der Waals surface area (Å²) in [5.41, 5.74) is 7.22. The minimum atomic E-state index is -0.574. The highest BCUT2D eigenvalue weighted by Crippen LogP contribution is 2.24. The first kappa shape index (κ1) is 31.0. The standard InChI is InChI=1S/C18H28N2O3.C13H20N2O/c1-17(2,3)23-16(22)19-18(14-21)9-11-20(12-10-18)13-15-7-5-4-6-8-15;14-13(11-16)6-8-15(9-7-13)10-12-4-2-1-3-5-12/h4-8,21H,9-14H2,1-3H3,(H,19,22);1-5,16H,6-11,14H2. The molecule has 2 aromatic carbocycles. The summed E-state index contributed by atoms with van der Waals surface area (Å²) in [6, 6.07) is 20.8. The Morgan fingerprint density at radius 1 is 0.821 bits per heavy atom. The van der Waals surface area contributed by atoms with Gasteiger partial charge in [-0.1, -0.05) is 60.7 Å². The quantitative estimate of drug-likeness (QED) is 0.425. The topological polar surface area (TPSA) is 111 Å². The monoisotopic (exact) mass is 540 g/mol. The van der Waals surface area contributed by atoms with Gasteiger partial charge in [-0.3, -0.25) is 9.80 Å². The number of benzene rings is 2. The minimum absolute atomic E-state index is 0.0641. The van der Waals surface area contributed by atoms with Crippen molar-refractivity contribution in [3.05, 3.63) is 71.8 Å². The number of carbonyl (C=O) groups is 1. The van der Waals surface area contributed by atoms with Crippen LogP contribution >= 0.6 is 0 Å². The van der Waals surface area contributed by atoms with Crippen molar-refractivity contribution in [2.45, 2.75) is 76.2 Å². The van der Waals surface area contributed by atoms with Gasteiger partial charge in [-0.2, -0.15) is 0 Å². The van der Waals surface area contributed by atoms with Crippen LogP contribution in [-0.4, -0.2) is 82.2 Å². The zero-order chi connectivity index (χ0) is 28.4. The Bertz CT molecular complexity index is 981. The zero-order valence-electron chi connectivity index (χ0n) is 23.9. The molecule has 39 heavy (non-hydrogen) atoms. The lowest BCUT2D eigenvalue weighted by atomic mass is 9.88. The van der Waals surface area contributed by atoms with Crippen LogP contribution in [0, 0.1) is 0 Å². The molecule has 2 aromatic rings. The van der Waals surface area contributed by atoms with Gasteiger partial charge in [0.1, 0.15) is 5.60 Å². The van der Waals surface area contributed by atoms with Crippen LogP contribution in [0.1, 0.15) is 57.6 Å². The second kappa shape index (κ2) is 14.2. The summed E-state index contributed by atoms with van der Waals surface area (Å²) in [6.45, 7) is 11.1. The molecule has 2 aliphatic rings. The van der Waals surface area contributed by atoms with Gasteiger partial charge in [0.25, 0.3) is 0 Å². The fraction of sp³-hybridized carbons (Fsp3) is 0.581. The first-order valence-electron chi connectivity index (χ1n) is 14.1. The smallest absolute Gasteiger partial charge is 0.408 e. The molecule has 0 aromatic heterocycles. The van der Waals surface area contributed by atoms with Crippen LogP contribution in [0.3, 0.4) is 0 Å². The van der Waals surface area contributed by atoms with E-state index in [4.69, 9.17) is 10.5 Å². The summed E-state index contributed by atoms with van der Waals surface area (Å²) < 4.78 is 5.32. The third kappa shape index (κ3) is 10.5. The molecule has 0 atom stereocenters. The van der Waals surface area contributed by atoms with Crippen LogP contribution in [0.4, 0.5) is 4.79 Å². The van der Waals surface area contributed by atoms with Crippen molar-refractivity contribution in [3.63, 3.8) is 0 Å². The summed E-state index contributed by atoms with van der Waals surface area (Å²) in [7, 11) is 0. The van der Waals surface area contributed by atoms with Crippen molar-refractivity contribution >= 4 is 6.09 Å². The van der Waals surface area contributed by atoms with E-state index in [9.17, 15) is 15.0 Å². The highest BCUT2D eigenvalue weighted by molar-refractivity contribution is 5.68. The predicted molar refractivity (Wildman–Crippen MR) is 155 cm³/mol. The Balaban J connectivity index is 0.000000230. The molecule has 2 heterocycles. The Kier molecular flexibility index (Phi) is 11.3. The Hall–Kier alpha value is -2.49. The van der Waals surface area contributed by atoms with Crippen molar-refractivity contribution < 1.29 is 19.7 Å². The lowest BCUT2D eigenvalue weighted by Crippen LogP contribution is -2.58. The molecular formula is C31H48N4O4. The molecule has 0 bridgehead atoms. The number of hydrogen-bond donors (Lipinski definition) is 4. The largest absolute Gasteiger partial charge is 0.444 e. The third-order valence-electron chi connectivity index (χ3n) is 7.55. The normalized spacial score (nSPS) is 19.4. The number of nitrogens with zero attached hydrogens (tertiary/aromatic N) is 2. The highest BCUT2D eigenvalue weighted by Gasteiger charge is 2.36. The summed E-state index contributed by atoms with van der Waals surface area (Å²) in [5.74, 6) is 0. The van der Waals surface area contributed by atoms with Crippen LogP contribution in [0.2, 0.25) is 0 Å². The Labute approximate surface area is 234 Å². The van der Waals surface area contributed by atoms with Gasteiger partial charge in [-0.25, -0.2) is 4.79 Å². The first-order chi connectivity index (χ1) is 18.5. The number of nitrogens with one attached hydrogen (secondary N) is 1. The molecule has 0 aliphatic carbocycles. The number of nitrogens with two attached hydrogens (primary N) is 1. The average Bonchev–Trinajstić information content (AvgIpc) is 2.92. The molecule has 0 saturated carbocycles. The fourth-order valence-electron chi connectivity index (χ4n) is 4.98. The molecule has 2 fully saturated rings. The minimum Gasteiger partial charge on any atom is -0.444 e. The van der Waals surface area contributed by atoms with Crippen molar-refractivity contribution in [2.75, 3.05) is 39.4 Å². The second-order valence-corrected chi connectivity index (χ2v) is 12.1. The molecule has 0 spiro atoms. The van der Waals surface area contributed by atoms with Gasteiger partial charge < -0.3 is 26.0 Å². The van der Waals surface area contributed by atoms with Gasteiger partial charge >= 0.3 is 6.09 Å². The number of likely N-dealkylation sites (tertiary alicyclic amines) is 2. The molecule has 8 heteroatoms. The third-order valence-corrected chi connectivity index (χ3v) is 7.55. The van der Waals surface area contributed by atoms with Gasteiger partial charge in [-0.05, 0) is 57.6 Å². The van der Waals surface area contributed by atoms with Crippen molar-refractivity contribution in [3.8, 4) is 0 Å². The maximum absolute atomic E-state index is 12.0. The van der Waals surface area contributed by atoms with Crippen LogP contribution in [0.25, 0.3) is 0 Å². The van der Waals surface area contributed by atoms with Crippen molar-refractivity contribution in [1.82, 2.24) is 15.1 Å². The molecule has 0 radical (unpaired) electrons. The SMILES string of the molecule is CC(C)(C)OC(=O)NC1(CO)CCN(Cc2ccccc2)CC1.NC1(CO)CCN(Cc2ccccc2)CC1. The van der Waals surface area contributed by atoms with E-state index in [0.717, 1.165) is 65.0 Å². The maximum Gasteiger partial charge on any atom is 0.408 e. The van der Waals surface area contributed by atoms with Crippen LogP contribution in [-0.2, 0) is 17.8 Å². The molecule has 0 unspecified atom stereocenters. The molecule has 216 valence electrons. The summed E-state index contributed by atoms with van der Waals surface area (Å²) in [5, 5.41) is 21.8. The van der Waals surface area contributed by atoms with Gasteiger partial charge in [0.15, 0.2) is 0 Å². The maximum atomic E-state index is 12.0. The summed E-state index contributed by atoms with van der Waals surface area (Å²) >= 11 is 0. The second-order valence-electron chi connectivity index (χ2n) is 12.1. The molecule has 5 N–H and O–H groups in total. The molecule has 1 amide bonds. The molecule has 2 saturated heterocycles. The number of rotatable bonds is 7. The fourth-order valence-corrected chi connectivity index (χ4v) is 4.98. The number of ether oxygens (including phenoxy) is 1.